The van der Waals surface area contributed by atoms with Gasteiger partial charge in [0.05, 0.1) is 0 Å². The fourth-order valence-electron chi connectivity index (χ4n) is 2.95. The molecule has 0 unspecified atom stereocenters. The van der Waals surface area contributed by atoms with Gasteiger partial charge in [0.1, 0.15) is 18.2 Å². The summed E-state index contributed by atoms with van der Waals surface area (Å²) in [6.45, 7) is -0.581. The molecule has 0 atom stereocenters. The highest BCUT2D eigenvalue weighted by molar-refractivity contribution is 5.82. The van der Waals surface area contributed by atoms with Crippen molar-refractivity contribution < 1.29 is 8.78 Å². The summed E-state index contributed by atoms with van der Waals surface area (Å²) in [5, 5.41) is 11.7. The first-order valence-electron chi connectivity index (χ1n) is 8.06. The summed E-state index contributed by atoms with van der Waals surface area (Å²) >= 11 is 0. The monoisotopic (exact) mass is 348 g/mol. The Labute approximate surface area is 148 Å². The maximum Gasteiger partial charge on any atom is 0.187 e. The number of tetrazole rings is 1. The van der Waals surface area contributed by atoms with Crippen LogP contribution in [0.15, 0.2) is 72.8 Å². The molecule has 3 aromatic carbocycles. The van der Waals surface area contributed by atoms with Crippen molar-refractivity contribution in [1.29, 1.82) is 0 Å². The minimum absolute atomic E-state index is 0.251. The van der Waals surface area contributed by atoms with Crippen LogP contribution in [0.3, 0.4) is 0 Å². The van der Waals surface area contributed by atoms with Gasteiger partial charge in [-0.1, -0.05) is 60.7 Å². The fourth-order valence-corrected chi connectivity index (χ4v) is 2.95. The third kappa shape index (κ3) is 2.75. The number of hydrogen-bond donors (Lipinski definition) is 0. The lowest BCUT2D eigenvalue weighted by Gasteiger charge is -2.12. The molecule has 0 radical (unpaired) electrons. The van der Waals surface area contributed by atoms with E-state index in [0.29, 0.717) is 17.0 Å². The third-order valence-corrected chi connectivity index (χ3v) is 4.17. The number of benzene rings is 3. The number of para-hydroxylation sites is 1. The Hall–Kier alpha value is -3.41. The van der Waals surface area contributed by atoms with Crippen molar-refractivity contribution in [2.24, 2.45) is 0 Å². The molecule has 1 heterocycles. The van der Waals surface area contributed by atoms with Crippen molar-refractivity contribution in [3.63, 3.8) is 0 Å². The van der Waals surface area contributed by atoms with E-state index in [1.165, 1.54) is 10.7 Å². The third-order valence-electron chi connectivity index (χ3n) is 4.17. The molecule has 0 amide bonds. The molecule has 0 aliphatic carbocycles. The van der Waals surface area contributed by atoms with Crippen molar-refractivity contribution in [1.82, 2.24) is 20.2 Å². The molecule has 0 fully saturated rings. The molecule has 0 saturated carbocycles. The van der Waals surface area contributed by atoms with E-state index in [-0.39, 0.29) is 5.69 Å². The highest BCUT2D eigenvalue weighted by Crippen LogP contribution is 2.34. The van der Waals surface area contributed by atoms with Gasteiger partial charge in [-0.2, -0.15) is 4.68 Å². The number of nitrogens with zero attached hydrogens (tertiary/aromatic N) is 4. The Kier molecular flexibility index (Phi) is 4.23. The number of aromatic nitrogens is 4. The molecule has 0 aliphatic heterocycles. The van der Waals surface area contributed by atoms with Gasteiger partial charge < -0.3 is 0 Å². The zero-order chi connectivity index (χ0) is 17.9. The van der Waals surface area contributed by atoms with Gasteiger partial charge in [0.15, 0.2) is 5.82 Å². The van der Waals surface area contributed by atoms with Crippen LogP contribution in [0.2, 0.25) is 0 Å². The molecule has 26 heavy (non-hydrogen) atoms. The molecule has 128 valence electrons. The first-order chi connectivity index (χ1) is 12.8. The largest absolute Gasteiger partial charge is 0.246 e. The Morgan fingerprint density at radius 2 is 1.42 bits per heavy atom. The molecule has 4 nitrogen and oxygen atoms in total. The average Bonchev–Trinajstić information content (AvgIpc) is 3.17. The quantitative estimate of drug-likeness (QED) is 0.541. The summed E-state index contributed by atoms with van der Waals surface area (Å²) in [5.41, 5.74) is 3.06. The molecule has 0 aliphatic rings. The number of alkyl halides is 1. The molecule has 4 aromatic rings. The van der Waals surface area contributed by atoms with Gasteiger partial charge in [-0.25, -0.2) is 8.78 Å². The van der Waals surface area contributed by atoms with Gasteiger partial charge in [0.25, 0.3) is 0 Å². The van der Waals surface area contributed by atoms with E-state index < -0.39 is 12.5 Å². The second-order valence-corrected chi connectivity index (χ2v) is 5.70. The molecule has 0 spiro atoms. The molecule has 0 N–H and O–H groups in total. The van der Waals surface area contributed by atoms with Crippen LogP contribution in [0.4, 0.5) is 8.78 Å². The van der Waals surface area contributed by atoms with Gasteiger partial charge in [0, 0.05) is 5.56 Å². The van der Waals surface area contributed by atoms with E-state index in [0.717, 1.165) is 11.1 Å². The molecule has 0 saturated heterocycles. The Morgan fingerprint density at radius 3 is 2.19 bits per heavy atom. The van der Waals surface area contributed by atoms with Crippen molar-refractivity contribution >= 4 is 0 Å². The second-order valence-electron chi connectivity index (χ2n) is 5.70. The van der Waals surface area contributed by atoms with Gasteiger partial charge in [-0.3, -0.25) is 0 Å². The summed E-state index contributed by atoms with van der Waals surface area (Å²) in [6.07, 6.45) is 0. The maximum atomic E-state index is 14.2. The molecular formula is C20H14F2N4. The molecule has 4 rings (SSSR count). The molecular weight excluding hydrogens is 334 g/mol. The summed E-state index contributed by atoms with van der Waals surface area (Å²) in [5.74, 6) is -0.0398. The van der Waals surface area contributed by atoms with E-state index in [1.807, 2.05) is 36.4 Å². The van der Waals surface area contributed by atoms with Crippen molar-refractivity contribution in [3.8, 4) is 28.2 Å². The second kappa shape index (κ2) is 6.84. The molecule has 0 bridgehead atoms. The van der Waals surface area contributed by atoms with E-state index >= 15 is 0 Å². The van der Waals surface area contributed by atoms with Crippen molar-refractivity contribution in [2.45, 2.75) is 6.67 Å². The number of rotatable bonds is 4. The highest BCUT2D eigenvalue weighted by atomic mass is 19.1. The normalized spacial score (nSPS) is 10.8. The zero-order valence-electron chi connectivity index (χ0n) is 13.7. The van der Waals surface area contributed by atoms with E-state index in [2.05, 4.69) is 15.5 Å². The lowest BCUT2D eigenvalue weighted by Crippen LogP contribution is -2.03. The Balaban J connectivity index is 1.93. The van der Waals surface area contributed by atoms with Crippen LogP contribution in [0.25, 0.3) is 28.2 Å². The van der Waals surface area contributed by atoms with Gasteiger partial charge in [-0.15, -0.1) is 5.10 Å². The summed E-state index contributed by atoms with van der Waals surface area (Å²) in [7, 11) is 0. The molecule has 6 heteroatoms. The van der Waals surface area contributed by atoms with Crippen LogP contribution >= 0.6 is 0 Å². The van der Waals surface area contributed by atoms with Crippen LogP contribution in [0.5, 0.6) is 0 Å². The van der Waals surface area contributed by atoms with E-state index in [4.69, 9.17) is 0 Å². The summed E-state index contributed by atoms with van der Waals surface area (Å²) in [4.78, 5) is 0. The van der Waals surface area contributed by atoms with Gasteiger partial charge >= 0.3 is 0 Å². The van der Waals surface area contributed by atoms with Crippen molar-refractivity contribution in [2.75, 3.05) is 0 Å². The SMILES string of the molecule is FCc1ccccc1-c1ccccc1-c1nnnn1-c1ccccc1F. The lowest BCUT2D eigenvalue weighted by molar-refractivity contribution is 0.486. The number of hydrogen-bond acceptors (Lipinski definition) is 3. The minimum Gasteiger partial charge on any atom is -0.246 e. The lowest BCUT2D eigenvalue weighted by atomic mass is 9.95. The van der Waals surface area contributed by atoms with E-state index in [9.17, 15) is 8.78 Å². The van der Waals surface area contributed by atoms with E-state index in [1.54, 1.807) is 30.3 Å². The summed E-state index contributed by atoms with van der Waals surface area (Å²) in [6, 6.07) is 21.0. The Bertz CT molecular complexity index is 1060. The first-order valence-corrected chi connectivity index (χ1v) is 8.06. The fraction of sp³-hybridized carbons (Fsp3) is 0.0500. The topological polar surface area (TPSA) is 43.6 Å². The van der Waals surface area contributed by atoms with Crippen LogP contribution in [0, 0.1) is 5.82 Å². The number of halogens is 2. The predicted molar refractivity (Wildman–Crippen MR) is 94.8 cm³/mol. The maximum absolute atomic E-state index is 14.2. The average molecular weight is 348 g/mol. The predicted octanol–water partition coefficient (Wildman–Crippen LogP) is 4.60. The van der Waals surface area contributed by atoms with Gasteiger partial charge in [0.2, 0.25) is 0 Å². The van der Waals surface area contributed by atoms with Crippen LogP contribution in [-0.4, -0.2) is 20.2 Å². The molecule has 1 aromatic heterocycles. The Morgan fingerprint density at radius 1 is 0.769 bits per heavy atom. The van der Waals surface area contributed by atoms with Crippen LogP contribution in [-0.2, 0) is 6.67 Å². The first kappa shape index (κ1) is 16.1. The van der Waals surface area contributed by atoms with Crippen LogP contribution in [0.1, 0.15) is 5.56 Å². The summed E-state index contributed by atoms with van der Waals surface area (Å²) < 4.78 is 29.0. The zero-order valence-corrected chi connectivity index (χ0v) is 13.7. The van der Waals surface area contributed by atoms with Gasteiger partial charge in [-0.05, 0) is 39.2 Å². The van der Waals surface area contributed by atoms with Crippen molar-refractivity contribution in [3.05, 3.63) is 84.2 Å². The standard InChI is InChI=1S/C20H14F2N4/c21-13-14-7-1-2-8-15(14)16-9-3-4-10-17(16)20-23-24-25-26(20)19-12-6-5-11-18(19)22/h1-12H,13H2. The minimum atomic E-state index is -0.581. The highest BCUT2D eigenvalue weighted by Gasteiger charge is 2.18. The smallest absolute Gasteiger partial charge is 0.187 e. The van der Waals surface area contributed by atoms with Crippen LogP contribution < -0.4 is 0 Å².